The molecule has 1 aliphatic heterocycles. The molecule has 0 saturated carbocycles. The number of anilines is 2. The summed E-state index contributed by atoms with van der Waals surface area (Å²) < 4.78 is 7.30. The van der Waals surface area contributed by atoms with E-state index in [1.807, 2.05) is 54.9 Å². The number of thioether (sulfide) groups is 1. The number of morpholine rings is 1. The maximum absolute atomic E-state index is 12.2. The molecule has 1 fully saturated rings. The lowest BCUT2D eigenvalue weighted by Gasteiger charge is -2.27. The van der Waals surface area contributed by atoms with Crippen LogP contribution in [-0.2, 0) is 23.1 Å². The van der Waals surface area contributed by atoms with Crippen LogP contribution in [0.25, 0.3) is 0 Å². The van der Waals surface area contributed by atoms with E-state index in [0.29, 0.717) is 25.5 Å². The smallest absolute Gasteiger partial charge is 0.230 e. The molecule has 1 aromatic carbocycles. The fraction of sp³-hybridized carbons (Fsp3) is 0.500. The lowest BCUT2D eigenvalue weighted by molar-refractivity contribution is -0.118. The number of carbonyl (C=O) groups is 1. The first-order valence-corrected chi connectivity index (χ1v) is 9.91. The van der Waals surface area contributed by atoms with Crippen molar-refractivity contribution in [3.8, 4) is 0 Å². The molecular weight excluding hydrogens is 364 g/mol. The zero-order valence-corrected chi connectivity index (χ0v) is 16.8. The maximum atomic E-state index is 12.2. The zero-order valence-electron chi connectivity index (χ0n) is 16.0. The molecule has 9 heteroatoms. The number of ether oxygens (including phenoxy) is 1. The number of amides is 1. The van der Waals surface area contributed by atoms with Crippen LogP contribution in [0, 0.1) is 0 Å². The Bertz CT molecular complexity index is 756. The van der Waals surface area contributed by atoms with Gasteiger partial charge < -0.3 is 19.9 Å². The van der Waals surface area contributed by atoms with Gasteiger partial charge in [0.1, 0.15) is 0 Å². The first-order valence-electron chi connectivity index (χ1n) is 8.92. The Morgan fingerprint density at radius 2 is 1.93 bits per heavy atom. The second kappa shape index (κ2) is 9.09. The Hall–Kier alpha value is -2.26. The van der Waals surface area contributed by atoms with Crippen LogP contribution in [0.3, 0.4) is 0 Å². The minimum atomic E-state index is -0.0207. The molecular formula is C18H26N6O2S. The molecule has 1 saturated heterocycles. The summed E-state index contributed by atoms with van der Waals surface area (Å²) in [6, 6.07) is 8.14. The molecule has 1 aliphatic rings. The molecule has 0 unspecified atom stereocenters. The minimum Gasteiger partial charge on any atom is -0.378 e. The summed E-state index contributed by atoms with van der Waals surface area (Å²) in [5.74, 6) is 1.11. The van der Waals surface area contributed by atoms with Gasteiger partial charge in [0.25, 0.3) is 0 Å². The Balaban J connectivity index is 1.47. The molecule has 146 valence electrons. The summed E-state index contributed by atoms with van der Waals surface area (Å²) in [7, 11) is 5.94. The molecule has 2 heterocycles. The molecule has 0 aliphatic carbocycles. The summed E-state index contributed by atoms with van der Waals surface area (Å²) in [5.41, 5.74) is 2.21. The predicted molar refractivity (Wildman–Crippen MR) is 107 cm³/mol. The molecule has 0 spiro atoms. The first-order chi connectivity index (χ1) is 13.0. The predicted octanol–water partition coefficient (Wildman–Crippen LogP) is 1.13. The summed E-state index contributed by atoms with van der Waals surface area (Å²) in [4.78, 5) is 16.4. The summed E-state index contributed by atoms with van der Waals surface area (Å²) >= 11 is 1.39. The number of nitrogens with zero attached hydrogens (tertiary/aromatic N) is 5. The second-order valence-electron chi connectivity index (χ2n) is 6.57. The summed E-state index contributed by atoms with van der Waals surface area (Å²) in [6.07, 6.45) is 0. The molecule has 2 aromatic rings. The third-order valence-electron chi connectivity index (χ3n) is 4.38. The fourth-order valence-corrected chi connectivity index (χ4v) is 3.50. The van der Waals surface area contributed by atoms with E-state index in [1.54, 1.807) is 0 Å². The van der Waals surface area contributed by atoms with Gasteiger partial charge in [0.05, 0.1) is 19.0 Å². The van der Waals surface area contributed by atoms with Crippen molar-refractivity contribution in [1.29, 1.82) is 0 Å². The van der Waals surface area contributed by atoms with Crippen molar-refractivity contribution in [3.63, 3.8) is 0 Å². The van der Waals surface area contributed by atoms with Gasteiger partial charge in [0.15, 0.2) is 5.16 Å². The van der Waals surface area contributed by atoms with Crippen LogP contribution in [0.5, 0.6) is 0 Å². The third-order valence-corrected chi connectivity index (χ3v) is 5.40. The van der Waals surface area contributed by atoms with Gasteiger partial charge in [-0.25, -0.2) is 0 Å². The number of aromatic nitrogens is 3. The number of rotatable bonds is 7. The van der Waals surface area contributed by atoms with Gasteiger partial charge in [0.2, 0.25) is 11.9 Å². The van der Waals surface area contributed by atoms with Crippen LogP contribution in [-0.4, -0.2) is 66.8 Å². The molecule has 0 radical (unpaired) electrons. The van der Waals surface area contributed by atoms with E-state index in [9.17, 15) is 4.79 Å². The highest BCUT2D eigenvalue weighted by Gasteiger charge is 2.19. The minimum absolute atomic E-state index is 0.0207. The van der Waals surface area contributed by atoms with Crippen molar-refractivity contribution in [1.82, 2.24) is 20.1 Å². The second-order valence-corrected chi connectivity index (χ2v) is 7.51. The van der Waals surface area contributed by atoms with Crippen molar-refractivity contribution in [2.75, 3.05) is 56.0 Å². The van der Waals surface area contributed by atoms with Crippen LogP contribution in [0.4, 0.5) is 11.6 Å². The van der Waals surface area contributed by atoms with Crippen molar-refractivity contribution >= 4 is 29.3 Å². The zero-order chi connectivity index (χ0) is 19.2. The molecule has 3 rings (SSSR count). The quantitative estimate of drug-likeness (QED) is 0.710. The topological polar surface area (TPSA) is 75.5 Å². The number of carbonyl (C=O) groups excluding carboxylic acids is 1. The lowest BCUT2D eigenvalue weighted by atomic mass is 10.2. The van der Waals surface area contributed by atoms with Crippen molar-refractivity contribution in [3.05, 3.63) is 29.8 Å². The highest BCUT2D eigenvalue weighted by Crippen LogP contribution is 2.21. The van der Waals surface area contributed by atoms with Gasteiger partial charge >= 0.3 is 0 Å². The van der Waals surface area contributed by atoms with E-state index in [2.05, 4.69) is 20.4 Å². The van der Waals surface area contributed by atoms with E-state index in [1.165, 1.54) is 11.8 Å². The van der Waals surface area contributed by atoms with E-state index < -0.39 is 0 Å². The average molecular weight is 391 g/mol. The van der Waals surface area contributed by atoms with E-state index in [4.69, 9.17) is 4.74 Å². The standard InChI is InChI=1S/C18H26N6O2S/c1-22(2)15-6-4-14(5-7-15)12-19-16(25)13-27-18-21-20-17(23(18)3)24-8-10-26-11-9-24/h4-7H,8-13H2,1-3H3,(H,19,25). The number of benzene rings is 1. The van der Waals surface area contributed by atoms with Crippen molar-refractivity contribution < 1.29 is 9.53 Å². The largest absolute Gasteiger partial charge is 0.378 e. The number of hydrogen-bond donors (Lipinski definition) is 1. The Labute approximate surface area is 163 Å². The van der Waals surface area contributed by atoms with E-state index in [-0.39, 0.29) is 5.91 Å². The van der Waals surface area contributed by atoms with E-state index in [0.717, 1.165) is 35.4 Å². The highest BCUT2D eigenvalue weighted by molar-refractivity contribution is 7.99. The Kier molecular flexibility index (Phi) is 6.57. The number of nitrogens with one attached hydrogen (secondary N) is 1. The summed E-state index contributed by atoms with van der Waals surface area (Å²) in [6.45, 7) is 3.54. The van der Waals surface area contributed by atoms with Gasteiger partial charge in [0, 0.05) is 46.5 Å². The highest BCUT2D eigenvalue weighted by atomic mass is 32.2. The molecule has 27 heavy (non-hydrogen) atoms. The van der Waals surface area contributed by atoms with Gasteiger partial charge in [-0.15, -0.1) is 10.2 Å². The molecule has 0 bridgehead atoms. The summed E-state index contributed by atoms with van der Waals surface area (Å²) in [5, 5.41) is 12.2. The lowest BCUT2D eigenvalue weighted by Crippen LogP contribution is -2.37. The monoisotopic (exact) mass is 390 g/mol. The molecule has 1 aromatic heterocycles. The van der Waals surface area contributed by atoms with Crippen molar-refractivity contribution in [2.45, 2.75) is 11.7 Å². The van der Waals surface area contributed by atoms with Gasteiger partial charge in [-0.05, 0) is 17.7 Å². The van der Waals surface area contributed by atoms with Gasteiger partial charge in [-0.2, -0.15) is 0 Å². The Morgan fingerprint density at radius 1 is 1.22 bits per heavy atom. The molecule has 8 nitrogen and oxygen atoms in total. The van der Waals surface area contributed by atoms with Crippen LogP contribution < -0.4 is 15.1 Å². The van der Waals surface area contributed by atoms with Gasteiger partial charge in [-0.3, -0.25) is 9.36 Å². The fourth-order valence-electron chi connectivity index (χ4n) is 2.77. The molecule has 1 amide bonds. The molecule has 1 N–H and O–H groups in total. The van der Waals surface area contributed by atoms with Crippen molar-refractivity contribution in [2.24, 2.45) is 7.05 Å². The van der Waals surface area contributed by atoms with Crippen LogP contribution in [0.15, 0.2) is 29.4 Å². The third kappa shape index (κ3) is 5.14. The van der Waals surface area contributed by atoms with E-state index >= 15 is 0 Å². The Morgan fingerprint density at radius 3 is 2.59 bits per heavy atom. The van der Waals surface area contributed by atoms with Gasteiger partial charge in [-0.1, -0.05) is 23.9 Å². The van der Waals surface area contributed by atoms with Crippen LogP contribution in [0.1, 0.15) is 5.56 Å². The first kappa shape index (κ1) is 19.5. The van der Waals surface area contributed by atoms with Crippen LogP contribution >= 0.6 is 11.8 Å². The normalized spacial score (nSPS) is 14.3. The average Bonchev–Trinajstić information content (AvgIpc) is 3.06. The number of hydrogen-bond acceptors (Lipinski definition) is 7. The molecule has 0 atom stereocenters. The van der Waals surface area contributed by atoms with Crippen LogP contribution in [0.2, 0.25) is 0 Å². The maximum Gasteiger partial charge on any atom is 0.230 e. The SMILES string of the molecule is CN(C)c1ccc(CNC(=O)CSc2nnc(N3CCOCC3)n2C)cc1.